The zero-order chi connectivity index (χ0) is 11.8. The molecule has 17 heavy (non-hydrogen) atoms. The van der Waals surface area contributed by atoms with Crippen molar-refractivity contribution in [3.05, 3.63) is 42.6 Å². The second kappa shape index (κ2) is 3.81. The number of piperidine rings is 1. The number of hydrogen-bond donors (Lipinski definition) is 1. The summed E-state index contributed by atoms with van der Waals surface area (Å²) in [7, 11) is 0. The lowest BCUT2D eigenvalue weighted by Crippen LogP contribution is -2.29. The molecule has 1 aliphatic heterocycles. The summed E-state index contributed by atoms with van der Waals surface area (Å²) in [5.74, 6) is 1.53. The summed E-state index contributed by atoms with van der Waals surface area (Å²) in [5.41, 5.74) is 1.96. The monoisotopic (exact) mass is 225 g/mol. The Bertz CT molecular complexity index is 459. The molecule has 1 aromatic rings. The number of rotatable bonds is 3. The zero-order valence-corrected chi connectivity index (χ0v) is 9.63. The average molecular weight is 225 g/mol. The number of anilines is 1. The first-order chi connectivity index (χ1) is 8.33. The van der Waals surface area contributed by atoms with Gasteiger partial charge in [0.2, 0.25) is 0 Å². The van der Waals surface area contributed by atoms with Gasteiger partial charge in [-0.15, -0.1) is 0 Å². The van der Waals surface area contributed by atoms with Crippen molar-refractivity contribution >= 4 is 5.69 Å². The van der Waals surface area contributed by atoms with E-state index >= 15 is 0 Å². The number of nitriles is 1. The van der Waals surface area contributed by atoms with Crippen LogP contribution in [0.2, 0.25) is 0 Å². The van der Waals surface area contributed by atoms with Gasteiger partial charge in [0, 0.05) is 36.7 Å². The maximum absolute atomic E-state index is 8.76. The van der Waals surface area contributed by atoms with Gasteiger partial charge >= 0.3 is 0 Å². The summed E-state index contributed by atoms with van der Waals surface area (Å²) in [4.78, 5) is 2.40. The first-order valence-electron chi connectivity index (χ1n) is 5.95. The summed E-state index contributed by atoms with van der Waals surface area (Å²) in [5, 5.41) is 12.1. The van der Waals surface area contributed by atoms with E-state index in [4.69, 9.17) is 5.26 Å². The normalized spacial score (nSPS) is 29.4. The Morgan fingerprint density at radius 3 is 2.47 bits per heavy atom. The van der Waals surface area contributed by atoms with Crippen molar-refractivity contribution in [2.24, 2.45) is 11.8 Å². The molecule has 1 heterocycles. The average Bonchev–Trinajstić information content (AvgIpc) is 2.84. The van der Waals surface area contributed by atoms with Crippen molar-refractivity contribution in [3.8, 4) is 6.07 Å². The highest BCUT2D eigenvalue weighted by Gasteiger charge is 2.55. The molecule has 3 rings (SSSR count). The van der Waals surface area contributed by atoms with E-state index < -0.39 is 0 Å². The fraction of sp³-hybridized carbons (Fsp3) is 0.357. The molecular weight excluding hydrogens is 210 g/mol. The molecule has 2 aliphatic rings. The lowest BCUT2D eigenvalue weighted by molar-refractivity contribution is 0.676. The maximum Gasteiger partial charge on any atom is 0.0991 e. The highest BCUT2D eigenvalue weighted by molar-refractivity contribution is 5.52. The molecular formula is C14H15N3. The first kappa shape index (κ1) is 10.2. The van der Waals surface area contributed by atoms with Crippen molar-refractivity contribution in [3.63, 3.8) is 0 Å². The van der Waals surface area contributed by atoms with Gasteiger partial charge in [-0.25, -0.2) is 0 Å². The van der Waals surface area contributed by atoms with Gasteiger partial charge in [0.25, 0.3) is 0 Å². The second-order valence-corrected chi connectivity index (χ2v) is 4.79. The van der Waals surface area contributed by atoms with E-state index in [-0.39, 0.29) is 0 Å². The first-order valence-corrected chi connectivity index (χ1v) is 5.95. The van der Waals surface area contributed by atoms with E-state index in [1.807, 2.05) is 24.3 Å². The molecule has 0 bridgehead atoms. The molecule has 1 N–H and O–H groups in total. The van der Waals surface area contributed by atoms with Crippen LogP contribution in [0, 0.1) is 23.2 Å². The summed E-state index contributed by atoms with van der Waals surface area (Å²) in [6.07, 6.45) is 1.80. The molecule has 86 valence electrons. The molecule has 1 aromatic carbocycles. The van der Waals surface area contributed by atoms with Crippen molar-refractivity contribution in [1.82, 2.24) is 5.32 Å². The largest absolute Gasteiger partial charge is 0.388 e. The van der Waals surface area contributed by atoms with Gasteiger partial charge in [0.05, 0.1) is 11.6 Å². The Balaban J connectivity index is 1.65. The van der Waals surface area contributed by atoms with E-state index in [0.717, 1.165) is 30.5 Å². The van der Waals surface area contributed by atoms with Crippen LogP contribution in [-0.2, 0) is 0 Å². The number of fused-ring (bicyclic) bond motifs is 1. The Morgan fingerprint density at radius 2 is 1.94 bits per heavy atom. The van der Waals surface area contributed by atoms with Crippen molar-refractivity contribution in [2.75, 3.05) is 18.0 Å². The topological polar surface area (TPSA) is 39.1 Å². The summed E-state index contributed by atoms with van der Waals surface area (Å²) in [6.45, 7) is 5.94. The maximum atomic E-state index is 8.76. The number of benzene rings is 1. The van der Waals surface area contributed by atoms with Crippen LogP contribution in [0.4, 0.5) is 5.69 Å². The minimum absolute atomic E-state index is 0.641. The zero-order valence-electron chi connectivity index (χ0n) is 9.63. The molecule has 1 saturated carbocycles. The minimum atomic E-state index is 0.641. The van der Waals surface area contributed by atoms with Crippen LogP contribution in [0.15, 0.2) is 37.0 Å². The molecule has 1 aliphatic carbocycles. The fourth-order valence-electron chi connectivity index (χ4n) is 2.87. The van der Waals surface area contributed by atoms with Gasteiger partial charge in [0.1, 0.15) is 0 Å². The lowest BCUT2D eigenvalue weighted by atomic mass is 10.2. The summed E-state index contributed by atoms with van der Waals surface area (Å²) >= 11 is 0. The molecule has 1 saturated heterocycles. The van der Waals surface area contributed by atoms with Crippen molar-refractivity contribution < 1.29 is 0 Å². The molecule has 0 amide bonds. The molecule has 0 aromatic heterocycles. The Kier molecular flexibility index (Phi) is 2.29. The van der Waals surface area contributed by atoms with Gasteiger partial charge in [-0.2, -0.15) is 5.26 Å². The number of hydrogen-bond acceptors (Lipinski definition) is 3. The SMILES string of the molecule is C=CNC1C2CN(c3ccc(C#N)cc3)C[C@H]21. The second-order valence-electron chi connectivity index (χ2n) is 4.79. The van der Waals surface area contributed by atoms with Gasteiger partial charge in [-0.3, -0.25) is 0 Å². The Morgan fingerprint density at radius 1 is 1.29 bits per heavy atom. The standard InChI is InChI=1S/C14H15N3/c1-2-16-14-12-8-17(9-13(12)14)11-5-3-10(7-15)4-6-11/h2-6,12-14,16H,1,8-9H2/t12-,13?,14?/m1/s1. The quantitative estimate of drug-likeness (QED) is 0.851. The van der Waals surface area contributed by atoms with Crippen LogP contribution >= 0.6 is 0 Å². The third-order valence-corrected chi connectivity index (χ3v) is 3.87. The predicted octanol–water partition coefficient (Wildman–Crippen LogP) is 1.73. The number of nitrogens with zero attached hydrogens (tertiary/aromatic N) is 2. The molecule has 2 unspecified atom stereocenters. The highest BCUT2D eigenvalue weighted by Crippen LogP contribution is 2.46. The van der Waals surface area contributed by atoms with Crippen LogP contribution in [0.3, 0.4) is 0 Å². The number of nitrogens with one attached hydrogen (secondary N) is 1. The van der Waals surface area contributed by atoms with E-state index in [0.29, 0.717) is 6.04 Å². The lowest BCUT2D eigenvalue weighted by Gasteiger charge is -2.22. The van der Waals surface area contributed by atoms with Gasteiger partial charge < -0.3 is 10.2 Å². The molecule has 3 nitrogen and oxygen atoms in total. The highest BCUT2D eigenvalue weighted by atomic mass is 15.2. The molecule has 3 atom stereocenters. The smallest absolute Gasteiger partial charge is 0.0991 e. The van der Waals surface area contributed by atoms with E-state index in [1.165, 1.54) is 5.69 Å². The molecule has 3 heteroatoms. The van der Waals surface area contributed by atoms with E-state index in [1.54, 1.807) is 6.20 Å². The summed E-state index contributed by atoms with van der Waals surface area (Å²) < 4.78 is 0. The van der Waals surface area contributed by atoms with Crippen LogP contribution in [-0.4, -0.2) is 19.1 Å². The fourth-order valence-corrected chi connectivity index (χ4v) is 2.87. The Labute approximate surface area is 101 Å². The third kappa shape index (κ3) is 1.66. The van der Waals surface area contributed by atoms with Gasteiger partial charge in [-0.1, -0.05) is 6.58 Å². The van der Waals surface area contributed by atoms with E-state index in [2.05, 4.69) is 22.9 Å². The molecule has 2 fully saturated rings. The van der Waals surface area contributed by atoms with Gasteiger partial charge in [-0.05, 0) is 30.5 Å². The Hall–Kier alpha value is -1.95. The van der Waals surface area contributed by atoms with Crippen LogP contribution in [0.5, 0.6) is 0 Å². The predicted molar refractivity (Wildman–Crippen MR) is 67.5 cm³/mol. The molecule has 0 spiro atoms. The van der Waals surface area contributed by atoms with Crippen molar-refractivity contribution in [1.29, 1.82) is 5.26 Å². The van der Waals surface area contributed by atoms with E-state index in [9.17, 15) is 0 Å². The van der Waals surface area contributed by atoms with Crippen molar-refractivity contribution in [2.45, 2.75) is 6.04 Å². The van der Waals surface area contributed by atoms with Crippen LogP contribution in [0.25, 0.3) is 0 Å². The molecule has 0 radical (unpaired) electrons. The van der Waals surface area contributed by atoms with Gasteiger partial charge in [0.15, 0.2) is 0 Å². The van der Waals surface area contributed by atoms with Crippen LogP contribution in [0.1, 0.15) is 5.56 Å². The minimum Gasteiger partial charge on any atom is -0.388 e. The van der Waals surface area contributed by atoms with Crippen LogP contribution < -0.4 is 10.2 Å². The third-order valence-electron chi connectivity index (χ3n) is 3.87. The summed E-state index contributed by atoms with van der Waals surface area (Å²) in [6, 6.07) is 10.6.